The van der Waals surface area contributed by atoms with Gasteiger partial charge in [0.2, 0.25) is 5.91 Å². The maximum Gasteiger partial charge on any atom is 0.459 e. The smallest absolute Gasteiger partial charge is 0.345 e. The van der Waals surface area contributed by atoms with E-state index in [-0.39, 0.29) is 30.4 Å². The van der Waals surface area contributed by atoms with Crippen molar-refractivity contribution in [3.63, 3.8) is 0 Å². The normalized spacial score (nSPS) is 16.6. The van der Waals surface area contributed by atoms with E-state index in [0.29, 0.717) is 63.0 Å². The third-order valence-electron chi connectivity index (χ3n) is 8.62. The molecule has 1 aromatic carbocycles. The monoisotopic (exact) mass is 604 g/mol. The van der Waals surface area contributed by atoms with Crippen molar-refractivity contribution in [2.45, 2.75) is 89.6 Å². The number of aromatic nitrogens is 2. The van der Waals surface area contributed by atoms with Crippen molar-refractivity contribution in [1.82, 2.24) is 24.8 Å². The van der Waals surface area contributed by atoms with Gasteiger partial charge in [-0.3, -0.25) is 9.59 Å². The Morgan fingerprint density at radius 3 is 2.73 bits per heavy atom. The summed E-state index contributed by atoms with van der Waals surface area (Å²) in [6.07, 6.45) is 7.28. The van der Waals surface area contributed by atoms with E-state index in [1.807, 2.05) is 38.1 Å². The fourth-order valence-electron chi connectivity index (χ4n) is 6.06. The van der Waals surface area contributed by atoms with E-state index in [0.717, 1.165) is 29.5 Å². The molecule has 0 bridgehead atoms. The van der Waals surface area contributed by atoms with Gasteiger partial charge >= 0.3 is 5.76 Å². The predicted octanol–water partition coefficient (Wildman–Crippen LogP) is 4.76. The first-order valence-corrected chi connectivity index (χ1v) is 15.7. The molecule has 2 amide bonds. The zero-order chi connectivity index (χ0) is 32.4. The van der Waals surface area contributed by atoms with Crippen LogP contribution in [0.25, 0.3) is 0 Å². The highest BCUT2D eigenvalue weighted by molar-refractivity contribution is 5.94. The average Bonchev–Trinajstić information content (AvgIpc) is 3.66. The lowest BCUT2D eigenvalue weighted by atomic mass is 9.67. The van der Waals surface area contributed by atoms with Crippen LogP contribution in [0.1, 0.15) is 99.1 Å². The quantitative estimate of drug-likeness (QED) is 0.216. The Bertz CT molecular complexity index is 1430. The van der Waals surface area contributed by atoms with Crippen LogP contribution in [-0.4, -0.2) is 71.1 Å². The Hall–Kier alpha value is -3.97. The Morgan fingerprint density at radius 1 is 1.34 bits per heavy atom. The fourth-order valence-corrected chi connectivity index (χ4v) is 6.06. The molecule has 0 radical (unpaired) electrons. The number of hydrogen-bond acceptors (Lipinski definition) is 7. The second-order valence-corrected chi connectivity index (χ2v) is 11.8. The molecule has 1 aliphatic heterocycles. The fraction of sp³-hybridized carbons (Fsp3) is 0.559. The number of nitrogens with zero attached hydrogens (tertiary/aromatic N) is 5. The molecule has 0 saturated carbocycles. The van der Waals surface area contributed by atoms with Crippen LogP contribution in [0.15, 0.2) is 52.3 Å². The molecule has 3 rings (SSSR count). The molecule has 238 valence electrons. The number of nitriles is 1. The van der Waals surface area contributed by atoms with Crippen LogP contribution in [-0.2, 0) is 16.6 Å². The number of benzene rings is 1. The predicted molar refractivity (Wildman–Crippen MR) is 171 cm³/mol. The lowest BCUT2D eigenvalue weighted by Gasteiger charge is -2.38. The largest absolute Gasteiger partial charge is 0.459 e. The highest BCUT2D eigenvalue weighted by atomic mass is 16.5. The summed E-state index contributed by atoms with van der Waals surface area (Å²) in [5.74, 6) is -0.425. The van der Waals surface area contributed by atoms with Gasteiger partial charge < -0.3 is 19.6 Å². The van der Waals surface area contributed by atoms with Gasteiger partial charge in [-0.2, -0.15) is 15.0 Å². The minimum absolute atomic E-state index is 0.0858. The van der Waals surface area contributed by atoms with Crippen molar-refractivity contribution < 1.29 is 14.1 Å². The first kappa shape index (κ1) is 34.5. The standard InChI is InChI=1S/C34H48N6O4/c1-8-11-14-24(4)34(32-37-33(43)44-40(32)25(5)10-3,18-19-36-23-30(41)39-20-12-15-28(39)22-35)29-17-16-27(31(42)38(6)7)21-26(29)13-9-2/h8,16-17,21,25,28,36H,1,4,9-15,18-20,23H2,2-3,5-7H3. The van der Waals surface area contributed by atoms with Crippen LogP contribution in [0.5, 0.6) is 0 Å². The molecule has 1 saturated heterocycles. The Morgan fingerprint density at radius 2 is 2.09 bits per heavy atom. The maximum atomic E-state index is 13.0. The van der Waals surface area contributed by atoms with E-state index in [4.69, 9.17) is 4.52 Å². The molecule has 1 aromatic heterocycles. The van der Waals surface area contributed by atoms with E-state index in [9.17, 15) is 19.6 Å². The number of allylic oxidation sites excluding steroid dienone is 2. The van der Waals surface area contributed by atoms with Crippen molar-refractivity contribution in [2.75, 3.05) is 33.7 Å². The molecule has 0 spiro atoms. The first-order valence-electron chi connectivity index (χ1n) is 15.7. The van der Waals surface area contributed by atoms with Crippen LogP contribution >= 0.6 is 0 Å². The summed E-state index contributed by atoms with van der Waals surface area (Å²) in [7, 11) is 3.46. The van der Waals surface area contributed by atoms with Gasteiger partial charge in [-0.05, 0) is 81.7 Å². The van der Waals surface area contributed by atoms with Gasteiger partial charge in [-0.1, -0.05) is 44.6 Å². The van der Waals surface area contributed by atoms with Crippen LogP contribution in [0.4, 0.5) is 0 Å². The molecule has 1 N–H and O–H groups in total. The summed E-state index contributed by atoms with van der Waals surface area (Å²) in [6, 6.07) is 7.42. The third-order valence-corrected chi connectivity index (χ3v) is 8.62. The summed E-state index contributed by atoms with van der Waals surface area (Å²) in [4.78, 5) is 46.5. The van der Waals surface area contributed by atoms with E-state index < -0.39 is 11.2 Å². The SMILES string of the molecule is C=CCCC(=C)C(CCNCC(=O)N1CCCC1C#N)(c1ccc(C(=O)N(C)C)cc1CCC)c1nc(=O)on1C(C)CC. The van der Waals surface area contributed by atoms with Gasteiger partial charge in [0.25, 0.3) is 5.91 Å². The van der Waals surface area contributed by atoms with Crippen LogP contribution < -0.4 is 11.1 Å². The highest BCUT2D eigenvalue weighted by Crippen LogP contribution is 2.45. The summed E-state index contributed by atoms with van der Waals surface area (Å²) in [5, 5.41) is 12.8. The summed E-state index contributed by atoms with van der Waals surface area (Å²) >= 11 is 0. The Labute approximate surface area is 261 Å². The van der Waals surface area contributed by atoms with E-state index in [1.165, 1.54) is 0 Å². The van der Waals surface area contributed by atoms with E-state index in [1.54, 1.807) is 28.6 Å². The van der Waals surface area contributed by atoms with Crippen LogP contribution in [0.3, 0.4) is 0 Å². The second-order valence-electron chi connectivity index (χ2n) is 11.8. The highest BCUT2D eigenvalue weighted by Gasteiger charge is 2.44. The topological polar surface area (TPSA) is 124 Å². The number of aryl methyl sites for hydroxylation is 1. The minimum Gasteiger partial charge on any atom is -0.345 e. The number of hydrogen-bond donors (Lipinski definition) is 1. The lowest BCUT2D eigenvalue weighted by molar-refractivity contribution is -0.130. The molecular weight excluding hydrogens is 556 g/mol. The summed E-state index contributed by atoms with van der Waals surface area (Å²) < 4.78 is 7.31. The second kappa shape index (κ2) is 15.7. The molecular formula is C34H48N6O4. The van der Waals surface area contributed by atoms with Crippen LogP contribution in [0, 0.1) is 11.3 Å². The molecule has 2 aromatic rings. The van der Waals surface area contributed by atoms with Crippen molar-refractivity contribution in [2.24, 2.45) is 0 Å². The zero-order valence-corrected chi connectivity index (χ0v) is 27.0. The van der Waals surface area contributed by atoms with Gasteiger partial charge in [-0.25, -0.2) is 4.79 Å². The van der Waals surface area contributed by atoms with Gasteiger partial charge in [0.1, 0.15) is 6.04 Å². The maximum absolute atomic E-state index is 13.0. The Balaban J connectivity index is 2.18. The number of carbonyl (C=O) groups is 2. The number of carbonyl (C=O) groups excluding carboxylic acids is 2. The van der Waals surface area contributed by atoms with Crippen molar-refractivity contribution in [1.29, 1.82) is 5.26 Å². The van der Waals surface area contributed by atoms with Gasteiger partial charge in [-0.15, -0.1) is 6.58 Å². The van der Waals surface area contributed by atoms with Crippen LogP contribution in [0.2, 0.25) is 0 Å². The van der Waals surface area contributed by atoms with Gasteiger partial charge in [0, 0.05) is 26.2 Å². The molecule has 10 heteroatoms. The molecule has 2 heterocycles. The summed E-state index contributed by atoms with van der Waals surface area (Å²) in [5.41, 5.74) is 2.32. The molecule has 3 atom stereocenters. The van der Waals surface area contributed by atoms with Crippen molar-refractivity contribution in [3.05, 3.63) is 76.1 Å². The number of amides is 2. The molecule has 44 heavy (non-hydrogen) atoms. The minimum atomic E-state index is -0.971. The third kappa shape index (κ3) is 7.39. The van der Waals surface area contributed by atoms with E-state index >= 15 is 0 Å². The molecule has 0 aliphatic carbocycles. The molecule has 10 nitrogen and oxygen atoms in total. The lowest BCUT2D eigenvalue weighted by Crippen LogP contribution is -2.43. The van der Waals surface area contributed by atoms with Gasteiger partial charge in [0.05, 0.1) is 24.1 Å². The number of rotatable bonds is 16. The summed E-state index contributed by atoms with van der Waals surface area (Å²) in [6.45, 7) is 15.6. The zero-order valence-electron chi connectivity index (χ0n) is 27.0. The Kier molecular flexibility index (Phi) is 12.3. The average molecular weight is 605 g/mol. The van der Waals surface area contributed by atoms with E-state index in [2.05, 4.69) is 36.5 Å². The number of nitrogens with one attached hydrogen (secondary N) is 1. The van der Waals surface area contributed by atoms with Gasteiger partial charge in [0.15, 0.2) is 5.82 Å². The van der Waals surface area contributed by atoms with Crippen molar-refractivity contribution >= 4 is 11.8 Å². The molecule has 3 unspecified atom stereocenters. The van der Waals surface area contributed by atoms with Crippen molar-refractivity contribution in [3.8, 4) is 6.07 Å². The molecule has 1 fully saturated rings. The first-order chi connectivity index (χ1) is 21.0. The number of likely N-dealkylation sites (tertiary alicyclic amines) is 1. The molecule has 1 aliphatic rings.